The monoisotopic (exact) mass is 313 g/mol. The Kier molecular flexibility index (Phi) is 5.19. The molecule has 18 heavy (non-hydrogen) atoms. The summed E-state index contributed by atoms with van der Waals surface area (Å²) in [4.78, 5) is 0. The van der Waals surface area contributed by atoms with Gasteiger partial charge in [-0.2, -0.15) is 0 Å². The Morgan fingerprint density at radius 3 is 2.67 bits per heavy atom. The van der Waals surface area contributed by atoms with Crippen molar-refractivity contribution in [1.29, 1.82) is 0 Å². The summed E-state index contributed by atoms with van der Waals surface area (Å²) in [7, 11) is 0. The summed E-state index contributed by atoms with van der Waals surface area (Å²) < 4.78 is 13.9. The lowest BCUT2D eigenvalue weighted by Crippen LogP contribution is -2.29. The van der Waals surface area contributed by atoms with Gasteiger partial charge in [-0.1, -0.05) is 32.3 Å². The first-order chi connectivity index (χ1) is 8.72. The van der Waals surface area contributed by atoms with Crippen LogP contribution in [0.4, 0.5) is 4.39 Å². The number of benzene rings is 1. The van der Waals surface area contributed by atoms with Crippen LogP contribution in [0.2, 0.25) is 0 Å². The van der Waals surface area contributed by atoms with Gasteiger partial charge in [0.05, 0.1) is 4.47 Å². The van der Waals surface area contributed by atoms with Gasteiger partial charge in [-0.3, -0.25) is 0 Å². The summed E-state index contributed by atoms with van der Waals surface area (Å²) in [5.74, 6) is 0.508. The second kappa shape index (κ2) is 6.67. The largest absolute Gasteiger partial charge is 0.310 e. The van der Waals surface area contributed by atoms with Crippen LogP contribution in [0.5, 0.6) is 0 Å². The van der Waals surface area contributed by atoms with Crippen molar-refractivity contribution in [3.63, 3.8) is 0 Å². The molecule has 3 heteroatoms. The number of halogens is 2. The van der Waals surface area contributed by atoms with E-state index in [4.69, 9.17) is 0 Å². The quantitative estimate of drug-likeness (QED) is 0.840. The van der Waals surface area contributed by atoms with E-state index in [0.717, 1.165) is 6.54 Å². The standard InChI is InChI=1S/C15H21BrFN/c1-2-18-15(11-6-4-3-5-7-11)12-8-9-14(17)13(16)10-12/h8-11,15,18H,2-7H2,1H3. The highest BCUT2D eigenvalue weighted by molar-refractivity contribution is 9.10. The van der Waals surface area contributed by atoms with E-state index in [1.165, 1.54) is 37.7 Å². The molecule has 1 fully saturated rings. The molecule has 1 nitrogen and oxygen atoms in total. The lowest BCUT2D eigenvalue weighted by molar-refractivity contribution is 0.274. The zero-order valence-corrected chi connectivity index (χ0v) is 12.5. The Hall–Kier alpha value is -0.410. The van der Waals surface area contributed by atoms with Crippen molar-refractivity contribution in [2.45, 2.75) is 45.1 Å². The summed E-state index contributed by atoms with van der Waals surface area (Å²) in [6.45, 7) is 3.09. The van der Waals surface area contributed by atoms with Crippen LogP contribution in [0.1, 0.15) is 50.6 Å². The number of hydrogen-bond acceptors (Lipinski definition) is 1. The normalized spacial score (nSPS) is 18.8. The summed E-state index contributed by atoms with van der Waals surface area (Å²) in [5.41, 5.74) is 1.21. The molecule has 1 aromatic rings. The second-order valence-electron chi connectivity index (χ2n) is 5.11. The molecule has 1 aliphatic rings. The Balaban J connectivity index is 2.19. The van der Waals surface area contributed by atoms with Crippen LogP contribution in [-0.4, -0.2) is 6.54 Å². The van der Waals surface area contributed by atoms with Crippen molar-refractivity contribution in [2.75, 3.05) is 6.54 Å². The van der Waals surface area contributed by atoms with E-state index in [0.29, 0.717) is 16.4 Å². The molecule has 100 valence electrons. The van der Waals surface area contributed by atoms with Gasteiger partial charge >= 0.3 is 0 Å². The SMILES string of the molecule is CCNC(c1ccc(F)c(Br)c1)C1CCCCC1. The van der Waals surface area contributed by atoms with E-state index in [1.807, 2.05) is 12.1 Å². The van der Waals surface area contributed by atoms with Crippen molar-refractivity contribution in [3.8, 4) is 0 Å². The van der Waals surface area contributed by atoms with Crippen LogP contribution < -0.4 is 5.32 Å². The fourth-order valence-electron chi connectivity index (χ4n) is 2.95. The minimum atomic E-state index is -0.183. The molecule has 0 bridgehead atoms. The highest BCUT2D eigenvalue weighted by Crippen LogP contribution is 2.35. The van der Waals surface area contributed by atoms with Gasteiger partial charge in [-0.15, -0.1) is 0 Å². The molecule has 1 unspecified atom stereocenters. The fourth-order valence-corrected chi connectivity index (χ4v) is 3.35. The zero-order chi connectivity index (χ0) is 13.0. The van der Waals surface area contributed by atoms with Crippen LogP contribution >= 0.6 is 15.9 Å². The Labute approximate surface area is 117 Å². The maximum absolute atomic E-state index is 13.3. The van der Waals surface area contributed by atoms with Crippen LogP contribution in [0.15, 0.2) is 22.7 Å². The van der Waals surface area contributed by atoms with Gasteiger partial charge in [0.25, 0.3) is 0 Å². The number of nitrogens with one attached hydrogen (secondary N) is 1. The maximum Gasteiger partial charge on any atom is 0.137 e. The maximum atomic E-state index is 13.3. The molecule has 0 heterocycles. The highest BCUT2D eigenvalue weighted by Gasteiger charge is 2.24. The molecule has 1 N–H and O–H groups in total. The van der Waals surface area contributed by atoms with E-state index in [-0.39, 0.29) is 5.82 Å². The van der Waals surface area contributed by atoms with Gasteiger partial charge in [0, 0.05) is 6.04 Å². The second-order valence-corrected chi connectivity index (χ2v) is 5.96. The average Bonchev–Trinajstić information content (AvgIpc) is 2.40. The molecule has 1 aliphatic carbocycles. The lowest BCUT2D eigenvalue weighted by Gasteiger charge is -2.31. The molecule has 1 atom stereocenters. The van der Waals surface area contributed by atoms with Gasteiger partial charge in [-0.05, 0) is 58.9 Å². The van der Waals surface area contributed by atoms with E-state index >= 15 is 0 Å². The first-order valence-corrected chi connectivity index (χ1v) is 7.70. The molecule has 0 amide bonds. The summed E-state index contributed by atoms with van der Waals surface area (Å²) in [6.07, 6.45) is 6.59. The molecule has 0 radical (unpaired) electrons. The minimum absolute atomic E-state index is 0.183. The molecule has 0 spiro atoms. The third-order valence-corrected chi connectivity index (χ3v) is 4.46. The minimum Gasteiger partial charge on any atom is -0.310 e. The summed E-state index contributed by atoms with van der Waals surface area (Å²) in [5, 5.41) is 3.57. The van der Waals surface area contributed by atoms with Crippen molar-refractivity contribution in [2.24, 2.45) is 5.92 Å². The molecular weight excluding hydrogens is 293 g/mol. The number of rotatable bonds is 4. The average molecular weight is 314 g/mol. The van der Waals surface area contributed by atoms with Gasteiger partial charge in [0.2, 0.25) is 0 Å². The molecule has 2 rings (SSSR count). The van der Waals surface area contributed by atoms with Gasteiger partial charge < -0.3 is 5.32 Å². The molecular formula is C15H21BrFN. The molecule has 1 saturated carbocycles. The molecule has 0 saturated heterocycles. The first kappa shape index (κ1) is 14.0. The molecule has 1 aromatic carbocycles. The third-order valence-electron chi connectivity index (χ3n) is 3.85. The van der Waals surface area contributed by atoms with Crippen molar-refractivity contribution in [1.82, 2.24) is 5.32 Å². The van der Waals surface area contributed by atoms with E-state index < -0.39 is 0 Å². The molecule has 0 aromatic heterocycles. The van der Waals surface area contributed by atoms with Crippen molar-refractivity contribution in [3.05, 3.63) is 34.1 Å². The first-order valence-electron chi connectivity index (χ1n) is 6.90. The summed E-state index contributed by atoms with van der Waals surface area (Å²) >= 11 is 3.29. The predicted molar refractivity (Wildman–Crippen MR) is 77.1 cm³/mol. The van der Waals surface area contributed by atoms with E-state index in [9.17, 15) is 4.39 Å². The van der Waals surface area contributed by atoms with Gasteiger partial charge in [-0.25, -0.2) is 4.39 Å². The Morgan fingerprint density at radius 1 is 1.33 bits per heavy atom. The van der Waals surface area contributed by atoms with Gasteiger partial charge in [0.15, 0.2) is 0 Å². The highest BCUT2D eigenvalue weighted by atomic mass is 79.9. The van der Waals surface area contributed by atoms with Crippen molar-refractivity contribution >= 4 is 15.9 Å². The topological polar surface area (TPSA) is 12.0 Å². The van der Waals surface area contributed by atoms with E-state index in [2.05, 4.69) is 28.2 Å². The van der Waals surface area contributed by atoms with Crippen molar-refractivity contribution < 1.29 is 4.39 Å². The molecule has 0 aliphatic heterocycles. The van der Waals surface area contributed by atoms with Crippen LogP contribution in [-0.2, 0) is 0 Å². The fraction of sp³-hybridized carbons (Fsp3) is 0.600. The Bertz CT molecular complexity index is 388. The smallest absolute Gasteiger partial charge is 0.137 e. The van der Waals surface area contributed by atoms with E-state index in [1.54, 1.807) is 6.07 Å². The third kappa shape index (κ3) is 3.33. The predicted octanol–water partition coefficient (Wildman–Crippen LogP) is 4.82. The van der Waals surface area contributed by atoms with Gasteiger partial charge in [0.1, 0.15) is 5.82 Å². The lowest BCUT2D eigenvalue weighted by atomic mass is 9.81. The zero-order valence-electron chi connectivity index (χ0n) is 10.9. The number of hydrogen-bond donors (Lipinski definition) is 1. The Morgan fingerprint density at radius 2 is 2.06 bits per heavy atom. The summed E-state index contributed by atoms with van der Waals surface area (Å²) in [6, 6.07) is 5.78. The van der Waals surface area contributed by atoms with Crippen LogP contribution in [0, 0.1) is 11.7 Å². The van der Waals surface area contributed by atoms with Crippen LogP contribution in [0.25, 0.3) is 0 Å². The van der Waals surface area contributed by atoms with Crippen LogP contribution in [0.3, 0.4) is 0 Å².